The first-order chi connectivity index (χ1) is 22.8. The number of aromatic nitrogens is 2. The standard InChI is InChI=1S/C42H28FN3/c43-29-26-27-37-35(28-29)41-38(44(37)30-14-4-1-5-15-30)23-13-24-39(41)45(31-16-6-2-7-17-31)40-25-12-21-34-33-20-10-11-22-36(33)46(42(34)40)32-18-8-3-9-19-32/h1-28H. The first kappa shape index (κ1) is 26.3. The number of hydrogen-bond donors (Lipinski definition) is 0. The molecule has 9 aromatic rings. The highest BCUT2D eigenvalue weighted by atomic mass is 19.1. The fourth-order valence-electron chi connectivity index (χ4n) is 7.08. The van der Waals surface area contributed by atoms with Gasteiger partial charge in [-0.25, -0.2) is 4.39 Å². The Morgan fingerprint density at radius 3 is 1.74 bits per heavy atom. The normalized spacial score (nSPS) is 11.6. The minimum atomic E-state index is -0.257. The molecule has 9 rings (SSSR count). The van der Waals surface area contributed by atoms with E-state index in [0.717, 1.165) is 61.3 Å². The van der Waals surface area contributed by atoms with Crippen LogP contribution in [0.3, 0.4) is 0 Å². The molecule has 4 heteroatoms. The molecule has 0 aliphatic heterocycles. The predicted molar refractivity (Wildman–Crippen MR) is 190 cm³/mol. The van der Waals surface area contributed by atoms with Crippen LogP contribution in [-0.4, -0.2) is 9.13 Å². The predicted octanol–water partition coefficient (Wildman–Crippen LogP) is 11.5. The van der Waals surface area contributed by atoms with E-state index in [1.54, 1.807) is 12.1 Å². The third kappa shape index (κ3) is 3.97. The molecule has 0 atom stereocenters. The molecular formula is C42H28FN3. The summed E-state index contributed by atoms with van der Waals surface area (Å²) in [7, 11) is 0. The summed E-state index contributed by atoms with van der Waals surface area (Å²) in [5.41, 5.74) is 9.38. The maximum Gasteiger partial charge on any atom is 0.123 e. The Balaban J connectivity index is 1.44. The second-order valence-corrected chi connectivity index (χ2v) is 11.5. The zero-order valence-corrected chi connectivity index (χ0v) is 24.9. The van der Waals surface area contributed by atoms with Gasteiger partial charge in [0.2, 0.25) is 0 Å². The Hall–Kier alpha value is -6.13. The molecule has 218 valence electrons. The Morgan fingerprint density at radius 2 is 0.978 bits per heavy atom. The van der Waals surface area contributed by atoms with E-state index in [1.807, 2.05) is 30.3 Å². The largest absolute Gasteiger partial charge is 0.309 e. The molecule has 0 aliphatic rings. The summed E-state index contributed by atoms with van der Waals surface area (Å²) in [6.45, 7) is 0. The van der Waals surface area contributed by atoms with Crippen LogP contribution in [0.1, 0.15) is 0 Å². The Kier molecular flexibility index (Phi) is 6.00. The number of hydrogen-bond acceptors (Lipinski definition) is 1. The van der Waals surface area contributed by atoms with E-state index in [1.165, 1.54) is 10.8 Å². The van der Waals surface area contributed by atoms with Gasteiger partial charge in [-0.15, -0.1) is 0 Å². The molecule has 2 heterocycles. The number of halogens is 1. The summed E-state index contributed by atoms with van der Waals surface area (Å²) >= 11 is 0. The molecular weight excluding hydrogens is 565 g/mol. The second-order valence-electron chi connectivity index (χ2n) is 11.5. The Morgan fingerprint density at radius 1 is 0.413 bits per heavy atom. The molecule has 0 saturated heterocycles. The zero-order chi connectivity index (χ0) is 30.6. The van der Waals surface area contributed by atoms with Gasteiger partial charge in [0.1, 0.15) is 5.82 Å². The molecule has 7 aromatic carbocycles. The van der Waals surface area contributed by atoms with Crippen LogP contribution in [0.25, 0.3) is 55.0 Å². The molecule has 0 amide bonds. The number of benzene rings is 7. The van der Waals surface area contributed by atoms with E-state index in [0.29, 0.717) is 0 Å². The number of fused-ring (bicyclic) bond motifs is 6. The SMILES string of the molecule is Fc1ccc2c(c1)c1c(N(c3ccccc3)c3cccc4c5ccccc5n(-c5ccccc5)c34)cccc1n2-c1ccccc1. The fourth-order valence-corrected chi connectivity index (χ4v) is 7.08. The van der Waals surface area contributed by atoms with E-state index in [-0.39, 0.29) is 5.82 Å². The lowest BCUT2D eigenvalue weighted by molar-refractivity contribution is 0.629. The van der Waals surface area contributed by atoms with Crippen LogP contribution < -0.4 is 4.90 Å². The summed E-state index contributed by atoms with van der Waals surface area (Å²) in [5.74, 6) is -0.257. The van der Waals surface area contributed by atoms with Crippen molar-refractivity contribution in [1.82, 2.24) is 9.13 Å². The topological polar surface area (TPSA) is 13.1 Å². The van der Waals surface area contributed by atoms with Gasteiger partial charge in [0.15, 0.2) is 0 Å². The van der Waals surface area contributed by atoms with Crippen molar-refractivity contribution in [2.24, 2.45) is 0 Å². The smallest absolute Gasteiger partial charge is 0.123 e. The molecule has 0 aliphatic carbocycles. The summed E-state index contributed by atoms with van der Waals surface area (Å²) < 4.78 is 19.7. The van der Waals surface area contributed by atoms with E-state index in [2.05, 4.69) is 141 Å². The van der Waals surface area contributed by atoms with E-state index in [4.69, 9.17) is 0 Å². The van der Waals surface area contributed by atoms with Crippen LogP contribution in [0.4, 0.5) is 21.5 Å². The summed E-state index contributed by atoms with van der Waals surface area (Å²) in [4.78, 5) is 2.34. The van der Waals surface area contributed by atoms with Crippen LogP contribution in [0.5, 0.6) is 0 Å². The van der Waals surface area contributed by atoms with E-state index in [9.17, 15) is 0 Å². The van der Waals surface area contributed by atoms with Gasteiger partial charge in [0.25, 0.3) is 0 Å². The van der Waals surface area contributed by atoms with Crippen molar-refractivity contribution in [3.05, 3.63) is 176 Å². The number of nitrogens with zero attached hydrogens (tertiary/aromatic N) is 3. The molecule has 0 unspecified atom stereocenters. The first-order valence-corrected chi connectivity index (χ1v) is 15.5. The van der Waals surface area contributed by atoms with Crippen molar-refractivity contribution in [3.8, 4) is 11.4 Å². The minimum Gasteiger partial charge on any atom is -0.309 e. The van der Waals surface area contributed by atoms with Crippen LogP contribution >= 0.6 is 0 Å². The molecule has 3 nitrogen and oxygen atoms in total. The quantitative estimate of drug-likeness (QED) is 0.193. The van der Waals surface area contributed by atoms with Crippen molar-refractivity contribution < 1.29 is 4.39 Å². The third-order valence-electron chi connectivity index (χ3n) is 8.93. The molecule has 2 aromatic heterocycles. The van der Waals surface area contributed by atoms with Gasteiger partial charge in [-0.1, -0.05) is 91.0 Å². The van der Waals surface area contributed by atoms with Gasteiger partial charge in [-0.05, 0) is 78.9 Å². The minimum absolute atomic E-state index is 0.257. The lowest BCUT2D eigenvalue weighted by Crippen LogP contribution is -2.12. The monoisotopic (exact) mass is 593 g/mol. The van der Waals surface area contributed by atoms with Gasteiger partial charge in [0.05, 0.1) is 33.4 Å². The second kappa shape index (κ2) is 10.5. The highest BCUT2D eigenvalue weighted by molar-refractivity contribution is 6.19. The summed E-state index contributed by atoms with van der Waals surface area (Å²) in [6.07, 6.45) is 0. The average Bonchev–Trinajstić information content (AvgIpc) is 3.63. The highest BCUT2D eigenvalue weighted by Crippen LogP contribution is 2.47. The lowest BCUT2D eigenvalue weighted by atomic mass is 10.1. The fraction of sp³-hybridized carbons (Fsp3) is 0. The van der Waals surface area contributed by atoms with Gasteiger partial charge in [-0.3, -0.25) is 0 Å². The molecule has 0 N–H and O–H groups in total. The maximum atomic E-state index is 15.1. The first-order valence-electron chi connectivity index (χ1n) is 15.5. The summed E-state index contributed by atoms with van der Waals surface area (Å²) in [6, 6.07) is 58.0. The van der Waals surface area contributed by atoms with Crippen LogP contribution in [0.15, 0.2) is 170 Å². The maximum absolute atomic E-state index is 15.1. The van der Waals surface area contributed by atoms with Crippen molar-refractivity contribution >= 4 is 60.7 Å². The lowest BCUT2D eigenvalue weighted by Gasteiger charge is -2.28. The molecule has 0 spiro atoms. The van der Waals surface area contributed by atoms with Gasteiger partial charge >= 0.3 is 0 Å². The third-order valence-corrected chi connectivity index (χ3v) is 8.93. The number of para-hydroxylation sites is 5. The Labute approximate surface area is 265 Å². The average molecular weight is 594 g/mol. The van der Waals surface area contributed by atoms with Crippen LogP contribution in [0.2, 0.25) is 0 Å². The van der Waals surface area contributed by atoms with E-state index < -0.39 is 0 Å². The van der Waals surface area contributed by atoms with Gasteiger partial charge in [-0.2, -0.15) is 0 Å². The van der Waals surface area contributed by atoms with Crippen LogP contribution in [-0.2, 0) is 0 Å². The molecule has 0 fully saturated rings. The van der Waals surface area contributed by atoms with Crippen molar-refractivity contribution in [2.45, 2.75) is 0 Å². The molecule has 0 saturated carbocycles. The summed E-state index contributed by atoms with van der Waals surface area (Å²) in [5, 5.41) is 4.22. The molecule has 46 heavy (non-hydrogen) atoms. The van der Waals surface area contributed by atoms with Gasteiger partial charge < -0.3 is 14.0 Å². The number of rotatable bonds is 5. The highest BCUT2D eigenvalue weighted by Gasteiger charge is 2.25. The van der Waals surface area contributed by atoms with Crippen molar-refractivity contribution in [3.63, 3.8) is 0 Å². The Bertz CT molecular complexity index is 2530. The van der Waals surface area contributed by atoms with Crippen LogP contribution in [0, 0.1) is 5.82 Å². The van der Waals surface area contributed by atoms with Gasteiger partial charge in [0, 0.05) is 38.6 Å². The molecule has 0 bridgehead atoms. The van der Waals surface area contributed by atoms with Crippen molar-refractivity contribution in [2.75, 3.05) is 4.90 Å². The zero-order valence-electron chi connectivity index (χ0n) is 24.9. The van der Waals surface area contributed by atoms with Crippen molar-refractivity contribution in [1.29, 1.82) is 0 Å². The van der Waals surface area contributed by atoms with E-state index >= 15 is 4.39 Å². The number of anilines is 3. The molecule has 0 radical (unpaired) electrons.